The van der Waals surface area contributed by atoms with Gasteiger partial charge in [0.2, 0.25) is 0 Å². The molecule has 2 aromatic carbocycles. The molecule has 2 amide bonds. The van der Waals surface area contributed by atoms with Gasteiger partial charge in [0.05, 0.1) is 14.2 Å². The molecule has 2 aliphatic rings. The Balaban J connectivity index is 1.35. The summed E-state index contributed by atoms with van der Waals surface area (Å²) in [5.41, 5.74) is 2.66. The monoisotopic (exact) mass is 521 g/mol. The van der Waals surface area contributed by atoms with E-state index in [0.717, 1.165) is 43.9 Å². The summed E-state index contributed by atoms with van der Waals surface area (Å²) < 4.78 is 10.7. The number of carbonyl (C=O) groups excluding carboxylic acids is 2. The number of rotatable bonds is 4. The molecule has 0 aliphatic carbocycles. The highest BCUT2D eigenvalue weighted by molar-refractivity contribution is 7.99. The number of hydrogen-bond donors (Lipinski definition) is 0. The van der Waals surface area contributed by atoms with Crippen LogP contribution in [0.2, 0.25) is 0 Å². The quantitative estimate of drug-likeness (QED) is 0.497. The highest BCUT2D eigenvalue weighted by atomic mass is 32.2. The van der Waals surface area contributed by atoms with Crippen LogP contribution >= 0.6 is 23.5 Å². The molecule has 0 fully saturated rings. The molecular formula is C27H27N3O4S2. The maximum atomic E-state index is 13.4. The van der Waals surface area contributed by atoms with Crippen molar-refractivity contribution in [2.75, 3.05) is 38.8 Å². The molecule has 7 nitrogen and oxygen atoms in total. The summed E-state index contributed by atoms with van der Waals surface area (Å²) in [7, 11) is 3.28. The van der Waals surface area contributed by atoms with Crippen LogP contribution in [0.15, 0.2) is 64.4 Å². The van der Waals surface area contributed by atoms with Crippen molar-refractivity contribution in [1.82, 2.24) is 14.8 Å². The molecule has 3 heterocycles. The number of nitrogens with zero attached hydrogens (tertiary/aromatic N) is 3. The van der Waals surface area contributed by atoms with Crippen LogP contribution in [0.5, 0.6) is 11.5 Å². The molecule has 9 heteroatoms. The lowest BCUT2D eigenvalue weighted by atomic mass is 10.1. The van der Waals surface area contributed by atoms with Crippen LogP contribution in [0.1, 0.15) is 32.1 Å². The zero-order valence-electron chi connectivity index (χ0n) is 20.2. The van der Waals surface area contributed by atoms with Gasteiger partial charge in [-0.1, -0.05) is 6.07 Å². The Morgan fingerprint density at radius 1 is 0.750 bits per heavy atom. The Bertz CT molecular complexity index is 1210. The van der Waals surface area contributed by atoms with E-state index in [-0.39, 0.29) is 23.2 Å². The first kappa shape index (κ1) is 24.5. The molecule has 36 heavy (non-hydrogen) atoms. The van der Waals surface area contributed by atoms with Gasteiger partial charge in [-0.05, 0) is 59.7 Å². The second kappa shape index (κ2) is 10.8. The fourth-order valence-corrected chi connectivity index (χ4v) is 6.35. The van der Waals surface area contributed by atoms with Gasteiger partial charge in [0.25, 0.3) is 11.8 Å². The SMILES string of the molecule is COc1ccc2c(c1)CN(C(=O)c1cccc(C(=O)N3CCSc4ccc(OC)cc4C3)n1)CCS2. The van der Waals surface area contributed by atoms with Crippen molar-refractivity contribution in [3.05, 3.63) is 77.1 Å². The summed E-state index contributed by atoms with van der Waals surface area (Å²) in [4.78, 5) is 37.3. The van der Waals surface area contributed by atoms with Crippen molar-refractivity contribution in [1.29, 1.82) is 0 Å². The minimum absolute atomic E-state index is 0.178. The van der Waals surface area contributed by atoms with E-state index in [1.165, 1.54) is 0 Å². The zero-order valence-corrected chi connectivity index (χ0v) is 21.9. The smallest absolute Gasteiger partial charge is 0.272 e. The van der Waals surface area contributed by atoms with Gasteiger partial charge in [0.15, 0.2) is 0 Å². The van der Waals surface area contributed by atoms with Gasteiger partial charge in [0.1, 0.15) is 22.9 Å². The second-order valence-electron chi connectivity index (χ2n) is 8.51. The lowest BCUT2D eigenvalue weighted by Gasteiger charge is -2.22. The normalized spacial score (nSPS) is 15.3. The summed E-state index contributed by atoms with van der Waals surface area (Å²) in [6.07, 6.45) is 0. The van der Waals surface area contributed by atoms with Crippen molar-refractivity contribution in [3.8, 4) is 11.5 Å². The number of carbonyl (C=O) groups is 2. The molecule has 0 atom stereocenters. The first-order chi connectivity index (χ1) is 17.6. The second-order valence-corrected chi connectivity index (χ2v) is 10.8. The van der Waals surface area contributed by atoms with E-state index < -0.39 is 0 Å². The van der Waals surface area contributed by atoms with Gasteiger partial charge >= 0.3 is 0 Å². The predicted octanol–water partition coefficient (Wildman–Crippen LogP) is 4.60. The van der Waals surface area contributed by atoms with Crippen molar-refractivity contribution in [2.45, 2.75) is 22.9 Å². The third-order valence-corrected chi connectivity index (χ3v) is 8.45. The van der Waals surface area contributed by atoms with Gasteiger partial charge in [-0.3, -0.25) is 9.59 Å². The number of thioether (sulfide) groups is 2. The molecule has 0 radical (unpaired) electrons. The lowest BCUT2D eigenvalue weighted by Crippen LogP contribution is -2.34. The van der Waals surface area contributed by atoms with Gasteiger partial charge in [-0.25, -0.2) is 4.98 Å². The molecule has 0 N–H and O–H groups in total. The number of methoxy groups -OCH3 is 2. The minimum Gasteiger partial charge on any atom is -0.497 e. The number of fused-ring (bicyclic) bond motifs is 2. The number of hydrogen-bond acceptors (Lipinski definition) is 7. The molecule has 2 aliphatic heterocycles. The van der Waals surface area contributed by atoms with Gasteiger partial charge < -0.3 is 19.3 Å². The average molecular weight is 522 g/mol. The average Bonchev–Trinajstić information content (AvgIpc) is 3.27. The Kier molecular flexibility index (Phi) is 7.38. The first-order valence-electron chi connectivity index (χ1n) is 11.7. The Labute approximate surface area is 219 Å². The predicted molar refractivity (Wildman–Crippen MR) is 141 cm³/mol. The molecule has 0 spiro atoms. The van der Waals surface area contributed by atoms with Crippen LogP contribution in [0.3, 0.4) is 0 Å². The Hall–Kier alpha value is -3.17. The summed E-state index contributed by atoms with van der Waals surface area (Å²) in [5, 5.41) is 0. The number of pyridine rings is 1. The zero-order chi connectivity index (χ0) is 25.1. The highest BCUT2D eigenvalue weighted by Crippen LogP contribution is 2.32. The summed E-state index contributed by atoms with van der Waals surface area (Å²) in [5.74, 6) is 2.76. The van der Waals surface area contributed by atoms with Gasteiger partial charge in [0, 0.05) is 47.5 Å². The largest absolute Gasteiger partial charge is 0.497 e. The molecule has 186 valence electrons. The minimum atomic E-state index is -0.178. The molecule has 5 rings (SSSR count). The summed E-state index contributed by atoms with van der Waals surface area (Å²) >= 11 is 3.46. The van der Waals surface area contributed by atoms with Crippen molar-refractivity contribution in [2.24, 2.45) is 0 Å². The molecule has 0 saturated heterocycles. The van der Waals surface area contributed by atoms with Crippen LogP contribution in [0.25, 0.3) is 0 Å². The first-order valence-corrected chi connectivity index (χ1v) is 13.7. The van der Waals surface area contributed by atoms with E-state index in [2.05, 4.69) is 4.98 Å². The van der Waals surface area contributed by atoms with E-state index in [9.17, 15) is 9.59 Å². The topological polar surface area (TPSA) is 72.0 Å². The fraction of sp³-hybridized carbons (Fsp3) is 0.296. The standard InChI is InChI=1S/C27H27N3O4S2/c1-33-20-6-8-24-18(14-20)16-29(10-12-35-24)26(31)22-4-3-5-23(28-22)27(32)30-11-13-36-25-9-7-21(34-2)15-19(25)17-30/h3-9,14-15H,10-13,16-17H2,1-2H3. The number of benzene rings is 2. The van der Waals surface area contributed by atoms with Gasteiger partial charge in [-0.2, -0.15) is 0 Å². The van der Waals surface area contributed by atoms with Crippen LogP contribution < -0.4 is 9.47 Å². The number of amides is 2. The van der Waals surface area contributed by atoms with Crippen molar-refractivity contribution < 1.29 is 19.1 Å². The van der Waals surface area contributed by atoms with Crippen LogP contribution in [-0.2, 0) is 13.1 Å². The van der Waals surface area contributed by atoms with Crippen LogP contribution in [0.4, 0.5) is 0 Å². The Morgan fingerprint density at radius 3 is 1.67 bits per heavy atom. The highest BCUT2D eigenvalue weighted by Gasteiger charge is 2.25. The lowest BCUT2D eigenvalue weighted by molar-refractivity contribution is 0.0740. The molecule has 1 aromatic heterocycles. The van der Waals surface area contributed by atoms with E-state index >= 15 is 0 Å². The third-order valence-electron chi connectivity index (χ3n) is 6.26. The third kappa shape index (κ3) is 5.17. The van der Waals surface area contributed by atoms with E-state index in [4.69, 9.17) is 9.47 Å². The fourth-order valence-electron chi connectivity index (χ4n) is 4.34. The van der Waals surface area contributed by atoms with E-state index in [1.807, 2.05) is 36.4 Å². The number of ether oxygens (including phenoxy) is 2. The molecular weight excluding hydrogens is 494 g/mol. The maximum absolute atomic E-state index is 13.4. The van der Waals surface area contributed by atoms with Crippen molar-refractivity contribution >= 4 is 35.3 Å². The number of aromatic nitrogens is 1. The molecule has 0 unspecified atom stereocenters. The molecule has 0 bridgehead atoms. The molecule has 0 saturated carbocycles. The maximum Gasteiger partial charge on any atom is 0.272 e. The molecule has 3 aromatic rings. The van der Waals surface area contributed by atoms with Crippen molar-refractivity contribution in [3.63, 3.8) is 0 Å². The van der Waals surface area contributed by atoms with Gasteiger partial charge in [-0.15, -0.1) is 23.5 Å². The van der Waals surface area contributed by atoms with Crippen LogP contribution in [0, 0.1) is 0 Å². The van der Waals surface area contributed by atoms with E-state index in [1.54, 1.807) is 65.7 Å². The van der Waals surface area contributed by atoms with Crippen LogP contribution in [-0.4, -0.2) is 65.4 Å². The Morgan fingerprint density at radius 2 is 1.22 bits per heavy atom. The van der Waals surface area contributed by atoms with E-state index in [0.29, 0.717) is 26.2 Å². The summed E-state index contributed by atoms with van der Waals surface area (Å²) in [6, 6.07) is 17.0. The summed E-state index contributed by atoms with van der Waals surface area (Å²) in [6.45, 7) is 2.14.